The summed E-state index contributed by atoms with van der Waals surface area (Å²) in [6, 6.07) is 0. The molecule has 614 valence electrons. The first kappa shape index (κ1) is 102. The van der Waals surface area contributed by atoms with Crippen molar-refractivity contribution in [3.05, 3.63) is 146 Å². The molecule has 0 amide bonds. The van der Waals surface area contributed by atoms with Gasteiger partial charge in [0.25, 0.3) is 0 Å². The van der Waals surface area contributed by atoms with Crippen molar-refractivity contribution >= 4 is 33.6 Å². The smallest absolute Gasteiger partial charge is 0.463 e. The monoisotopic (exact) mass is 1540 g/mol. The highest BCUT2D eigenvalue weighted by Gasteiger charge is 2.29. The van der Waals surface area contributed by atoms with Gasteiger partial charge in [0.2, 0.25) is 0 Å². The fourth-order valence-electron chi connectivity index (χ4n) is 11.1. The minimum absolute atomic E-state index is 0.0198. The Morgan fingerprint density at radius 1 is 0.271 bits per heavy atom. The van der Waals surface area contributed by atoms with E-state index in [0.29, 0.717) is 25.7 Å². The molecule has 0 rings (SSSR count). The second-order valence-corrected chi connectivity index (χ2v) is 30.8. The first-order chi connectivity index (χ1) is 52.2. The lowest BCUT2D eigenvalue weighted by Crippen LogP contribution is -2.30. The number of allylic oxidation sites excluding steroid dienone is 24. The fraction of sp³-hybridized carbons (Fsp3) is 0.697. The minimum Gasteiger partial charge on any atom is -0.463 e. The Morgan fingerprint density at radius 2 is 0.505 bits per heavy atom. The summed E-state index contributed by atoms with van der Waals surface area (Å²) in [5.74, 6) is -1.66. The van der Waals surface area contributed by atoms with Crippen LogP contribution in [0.3, 0.4) is 0 Å². The van der Waals surface area contributed by atoms with E-state index in [0.717, 1.165) is 128 Å². The van der Waals surface area contributed by atoms with Crippen molar-refractivity contribution in [3.63, 3.8) is 0 Å². The zero-order valence-corrected chi connectivity index (χ0v) is 69.1. The number of phosphoric acid groups is 2. The molecule has 0 aliphatic carbocycles. The SMILES string of the molecule is CC/C=C\C/C=C\C/C=C\C/C=C\C/C=C\CCCC(=O)OC(COC(=O)CCCCCCCC/C=C\C/C=C\C/C=C\CCCCC)COP(=O)(O)OCC(O)COP(=O)(O)OCC(O)COC(=O)CCCCCCCCCCCCCCCCCCCCC/C=C\C/C=C\C/C=C\C/C=C\CCCCC. The Hall–Kier alpha value is -4.57. The highest BCUT2D eigenvalue weighted by molar-refractivity contribution is 7.47. The molecule has 0 saturated carbocycles. The van der Waals surface area contributed by atoms with E-state index < -0.39 is 91.5 Å². The normalized spacial score (nSPS) is 14.6. The van der Waals surface area contributed by atoms with Crippen molar-refractivity contribution < 1.29 is 75.8 Å². The van der Waals surface area contributed by atoms with Crippen LogP contribution in [-0.2, 0) is 55.8 Å². The van der Waals surface area contributed by atoms with Crippen LogP contribution < -0.4 is 0 Å². The summed E-state index contributed by atoms with van der Waals surface area (Å²) >= 11 is 0. The van der Waals surface area contributed by atoms with Gasteiger partial charge in [-0.15, -0.1) is 0 Å². The van der Waals surface area contributed by atoms with Crippen LogP contribution >= 0.6 is 15.6 Å². The molecule has 0 aromatic carbocycles. The molecule has 0 fully saturated rings. The van der Waals surface area contributed by atoms with Gasteiger partial charge in [0.05, 0.1) is 26.4 Å². The van der Waals surface area contributed by atoms with Crippen LogP contribution in [0, 0.1) is 0 Å². The molecule has 107 heavy (non-hydrogen) atoms. The summed E-state index contributed by atoms with van der Waals surface area (Å²) < 4.78 is 61.1. The van der Waals surface area contributed by atoms with Gasteiger partial charge in [-0.2, -0.15) is 0 Å². The summed E-state index contributed by atoms with van der Waals surface area (Å²) in [7, 11) is -9.82. The Bertz CT molecular complexity index is 2530. The molecule has 0 aliphatic rings. The summed E-state index contributed by atoms with van der Waals surface area (Å²) in [6.45, 7) is 2.44. The van der Waals surface area contributed by atoms with Gasteiger partial charge in [-0.1, -0.05) is 327 Å². The molecule has 0 aromatic rings. The highest BCUT2D eigenvalue weighted by atomic mass is 31.2. The number of rotatable bonds is 79. The minimum atomic E-state index is -4.95. The maximum atomic E-state index is 13.0. The highest BCUT2D eigenvalue weighted by Crippen LogP contribution is 2.45. The average Bonchev–Trinajstić information content (AvgIpc) is 0.905. The number of ether oxygens (including phenoxy) is 3. The first-order valence-corrected chi connectivity index (χ1v) is 45.1. The Kier molecular flexibility index (Phi) is 77.5. The zero-order chi connectivity index (χ0) is 78.0. The van der Waals surface area contributed by atoms with Gasteiger partial charge in [-0.25, -0.2) is 9.13 Å². The van der Waals surface area contributed by atoms with E-state index in [4.69, 9.17) is 32.3 Å². The van der Waals surface area contributed by atoms with Gasteiger partial charge in [0.15, 0.2) is 6.10 Å². The predicted octanol–water partition coefficient (Wildman–Crippen LogP) is 25.2. The van der Waals surface area contributed by atoms with Crippen LogP contribution in [-0.4, -0.2) is 95.9 Å². The van der Waals surface area contributed by atoms with Gasteiger partial charge < -0.3 is 34.2 Å². The summed E-state index contributed by atoms with van der Waals surface area (Å²) in [5, 5.41) is 20.7. The second kappa shape index (κ2) is 80.9. The van der Waals surface area contributed by atoms with Gasteiger partial charge in [0, 0.05) is 19.3 Å². The lowest BCUT2D eigenvalue weighted by Gasteiger charge is -2.21. The summed E-state index contributed by atoms with van der Waals surface area (Å²) in [4.78, 5) is 58.7. The fourth-order valence-corrected chi connectivity index (χ4v) is 12.7. The molecule has 18 heteroatoms. The average molecular weight is 1540 g/mol. The molecule has 5 atom stereocenters. The molecule has 16 nitrogen and oxygen atoms in total. The zero-order valence-electron chi connectivity index (χ0n) is 67.3. The maximum Gasteiger partial charge on any atom is 0.472 e. The van der Waals surface area contributed by atoms with Crippen molar-refractivity contribution in [3.8, 4) is 0 Å². The van der Waals surface area contributed by atoms with Gasteiger partial charge in [-0.05, 0) is 141 Å². The van der Waals surface area contributed by atoms with E-state index in [2.05, 4.69) is 154 Å². The molecule has 0 bridgehead atoms. The van der Waals surface area contributed by atoms with Crippen LogP contribution in [0.1, 0.15) is 342 Å². The Balaban J connectivity index is 4.46. The molecular formula is C89H152O16P2. The van der Waals surface area contributed by atoms with Crippen LogP contribution in [0.5, 0.6) is 0 Å². The number of phosphoric ester groups is 2. The van der Waals surface area contributed by atoms with E-state index in [1.165, 1.54) is 148 Å². The number of hydrogen-bond donors (Lipinski definition) is 4. The molecule has 0 aromatic heterocycles. The number of carbonyl (C=O) groups excluding carboxylic acids is 3. The Morgan fingerprint density at radius 3 is 0.813 bits per heavy atom. The molecule has 0 saturated heterocycles. The maximum absolute atomic E-state index is 13.0. The lowest BCUT2D eigenvalue weighted by atomic mass is 10.0. The number of unbranched alkanes of at least 4 members (excludes halogenated alkanes) is 32. The third-order valence-electron chi connectivity index (χ3n) is 17.5. The van der Waals surface area contributed by atoms with E-state index in [9.17, 15) is 43.5 Å². The third kappa shape index (κ3) is 82.2. The van der Waals surface area contributed by atoms with Gasteiger partial charge in [-0.3, -0.25) is 32.5 Å². The second-order valence-electron chi connectivity index (χ2n) is 27.9. The molecule has 5 unspecified atom stereocenters. The van der Waals surface area contributed by atoms with Crippen LogP contribution in [0.2, 0.25) is 0 Å². The largest absolute Gasteiger partial charge is 0.472 e. The molecule has 0 radical (unpaired) electrons. The van der Waals surface area contributed by atoms with Crippen LogP contribution in [0.4, 0.5) is 0 Å². The van der Waals surface area contributed by atoms with Crippen molar-refractivity contribution in [2.24, 2.45) is 0 Å². The van der Waals surface area contributed by atoms with Crippen molar-refractivity contribution in [2.75, 3.05) is 39.6 Å². The number of aliphatic hydroxyl groups excluding tert-OH is 2. The van der Waals surface area contributed by atoms with Crippen LogP contribution in [0.15, 0.2) is 146 Å². The topological polar surface area (TPSA) is 231 Å². The lowest BCUT2D eigenvalue weighted by molar-refractivity contribution is -0.161. The molecule has 4 N–H and O–H groups in total. The standard InChI is InChI=1S/C89H152O16P2/c1-4-7-10-13-16-19-22-25-28-31-33-34-35-36-37-38-39-40-41-42-43-44-45-46-47-48-50-53-54-57-60-63-66-69-72-75-87(92)99-78-84(90)79-101-106(95,96)102-80-85(91)81-103-107(97,98)104-83-86(105-89(94)77-74-71-68-65-62-59-56-51-30-27-24-21-18-15-12-9-6-3)82-100-88(93)76-73-70-67-64-61-58-55-52-49-32-29-26-23-20-17-14-11-8-5-2/h9,12,16-21,25-30,33-34,36-37,49,52,56,59,65,68,84-86,90-91H,4-8,10-11,13-15,22-24,31-32,35,38-48,50-51,53-55,57-58,60-64,66-67,69-83H2,1-3H3,(H,95,96)(H,97,98)/b12-9-,19-16-,20-17-,21-18-,28-25-,29-26-,30-27-,34-33-,37-36-,52-49-,59-56-,68-65-. The summed E-state index contributed by atoms with van der Waals surface area (Å²) in [6.07, 6.45) is 101. The first-order valence-electron chi connectivity index (χ1n) is 42.1. The van der Waals surface area contributed by atoms with Crippen molar-refractivity contribution in [1.82, 2.24) is 0 Å². The van der Waals surface area contributed by atoms with Crippen molar-refractivity contribution in [2.45, 2.75) is 360 Å². The van der Waals surface area contributed by atoms with Crippen molar-refractivity contribution in [1.29, 1.82) is 0 Å². The van der Waals surface area contributed by atoms with Gasteiger partial charge in [0.1, 0.15) is 25.4 Å². The number of esters is 3. The number of aliphatic hydroxyl groups is 2. The van der Waals surface area contributed by atoms with Gasteiger partial charge >= 0.3 is 33.6 Å². The molecule has 0 heterocycles. The molecule has 0 spiro atoms. The van der Waals surface area contributed by atoms with E-state index >= 15 is 0 Å². The van der Waals surface area contributed by atoms with E-state index in [1.54, 1.807) is 0 Å². The quantitative estimate of drug-likeness (QED) is 0.0146. The molecular weight excluding hydrogens is 1390 g/mol. The summed E-state index contributed by atoms with van der Waals surface area (Å²) in [5.41, 5.74) is 0. The van der Waals surface area contributed by atoms with Crippen LogP contribution in [0.25, 0.3) is 0 Å². The molecule has 0 aliphatic heterocycles. The predicted molar refractivity (Wildman–Crippen MR) is 445 cm³/mol. The number of hydrogen-bond acceptors (Lipinski definition) is 14. The van der Waals surface area contributed by atoms with E-state index in [1.807, 2.05) is 12.2 Å². The Labute approximate surface area is 651 Å². The third-order valence-corrected chi connectivity index (χ3v) is 19.4. The number of carbonyl (C=O) groups is 3. The van der Waals surface area contributed by atoms with E-state index in [-0.39, 0.29) is 19.3 Å².